The molecule has 4 aromatic carbocycles. The van der Waals surface area contributed by atoms with E-state index in [0.717, 1.165) is 12.2 Å². The first-order valence-corrected chi connectivity index (χ1v) is 31.7. The Hall–Kier alpha value is -6.36. The fourth-order valence-electron chi connectivity index (χ4n) is 10.3. The SMILES string of the molecule is CC(C)(O)c1cn(-c2ccc(C3=CC(S(C)(=O)=O)=C(COC(=O)/C=C/C(=O)OCC4=C(S(C)(=O)=O)C=C(c5ccc(-n6cc(C(C)(C)O)nc6C(C)(C)c6c(Cl)cccc6Cl)cc5)CC4(F)F)C(F)(F)C3)cc2)c(C(C)(C)c2c(Cl)cccc2Cl)n1. The van der Waals surface area contributed by atoms with Crippen LogP contribution in [0.25, 0.3) is 22.5 Å². The molecule has 0 saturated heterocycles. The van der Waals surface area contributed by atoms with Crippen molar-refractivity contribution < 1.29 is 63.7 Å². The van der Waals surface area contributed by atoms with E-state index in [4.69, 9.17) is 65.8 Å². The molecule has 0 saturated carbocycles. The van der Waals surface area contributed by atoms with Crippen molar-refractivity contribution >= 4 is 89.2 Å². The molecule has 2 aliphatic rings. The highest BCUT2D eigenvalue weighted by Crippen LogP contribution is 2.47. The van der Waals surface area contributed by atoms with Crippen LogP contribution in [0.5, 0.6) is 0 Å². The fourth-order valence-corrected chi connectivity index (χ4v) is 14.0. The Morgan fingerprint density at radius 1 is 0.558 bits per heavy atom. The molecule has 2 N–H and O–H groups in total. The van der Waals surface area contributed by atoms with Crippen LogP contribution in [0.3, 0.4) is 0 Å². The number of esters is 2. The zero-order valence-electron chi connectivity index (χ0n) is 48.2. The van der Waals surface area contributed by atoms with Crippen LogP contribution in [0, 0.1) is 0 Å². The number of sulfone groups is 2. The van der Waals surface area contributed by atoms with Crippen LogP contribution in [0.4, 0.5) is 17.6 Å². The molecule has 86 heavy (non-hydrogen) atoms. The summed E-state index contributed by atoms with van der Waals surface area (Å²) in [4.78, 5) is 33.7. The topological polar surface area (TPSA) is 197 Å². The van der Waals surface area contributed by atoms with Crippen molar-refractivity contribution in [3.8, 4) is 11.4 Å². The van der Waals surface area contributed by atoms with Gasteiger partial charge in [0.2, 0.25) is 0 Å². The summed E-state index contributed by atoms with van der Waals surface area (Å²) in [5.41, 5.74) is -3.72. The number of nitrogens with zero attached hydrogens (tertiary/aromatic N) is 4. The Bertz CT molecular complexity index is 3810. The van der Waals surface area contributed by atoms with Gasteiger partial charge in [0.25, 0.3) is 11.8 Å². The number of alkyl halides is 4. The largest absolute Gasteiger partial charge is 0.458 e. The molecule has 24 heteroatoms. The maximum atomic E-state index is 16.2. The highest BCUT2D eigenvalue weighted by atomic mass is 35.5. The lowest BCUT2D eigenvalue weighted by Gasteiger charge is -2.28. The molecule has 0 aliphatic heterocycles. The summed E-state index contributed by atoms with van der Waals surface area (Å²) in [6.45, 7) is 11.2. The van der Waals surface area contributed by atoms with Crippen LogP contribution in [0.15, 0.2) is 143 Å². The van der Waals surface area contributed by atoms with Crippen molar-refractivity contribution in [2.75, 3.05) is 25.7 Å². The zero-order valence-corrected chi connectivity index (χ0v) is 52.8. The molecular weight excluding hydrogens is 1240 g/mol. The van der Waals surface area contributed by atoms with E-state index in [1.807, 2.05) is 27.7 Å². The number of benzene rings is 4. The van der Waals surface area contributed by atoms with Gasteiger partial charge in [-0.1, -0.05) is 82.8 Å². The minimum Gasteiger partial charge on any atom is -0.458 e. The van der Waals surface area contributed by atoms with Gasteiger partial charge in [-0.2, -0.15) is 0 Å². The molecule has 0 amide bonds. The van der Waals surface area contributed by atoms with Crippen molar-refractivity contribution in [3.63, 3.8) is 0 Å². The monoisotopic (exact) mass is 1300 g/mol. The van der Waals surface area contributed by atoms with Crippen molar-refractivity contribution in [2.24, 2.45) is 0 Å². The molecule has 0 unspecified atom stereocenters. The lowest BCUT2D eigenvalue weighted by molar-refractivity contribution is -0.140. The average molecular weight is 1300 g/mol. The van der Waals surface area contributed by atoms with Crippen LogP contribution < -0.4 is 0 Å². The highest BCUT2D eigenvalue weighted by Gasteiger charge is 2.45. The van der Waals surface area contributed by atoms with Gasteiger partial charge in [0.1, 0.15) is 36.1 Å². The van der Waals surface area contributed by atoms with E-state index in [1.54, 1.807) is 110 Å². The number of halogens is 8. The summed E-state index contributed by atoms with van der Waals surface area (Å²) < 4.78 is 131. The molecule has 0 bridgehead atoms. The molecule has 14 nitrogen and oxygen atoms in total. The second kappa shape index (κ2) is 23.6. The van der Waals surface area contributed by atoms with E-state index >= 15 is 17.6 Å². The zero-order chi connectivity index (χ0) is 63.7. The third kappa shape index (κ3) is 13.7. The second-order valence-electron chi connectivity index (χ2n) is 23.2. The molecular formula is C62H60Cl4F4N4O10S2. The molecule has 0 radical (unpaired) electrons. The molecule has 2 aliphatic carbocycles. The normalized spacial score (nSPS) is 16.1. The van der Waals surface area contributed by atoms with Gasteiger partial charge in [0.15, 0.2) is 19.7 Å². The first-order chi connectivity index (χ1) is 39.6. The maximum absolute atomic E-state index is 16.2. The molecule has 8 rings (SSSR count). The second-order valence-corrected chi connectivity index (χ2v) is 28.8. The number of rotatable bonds is 18. The van der Waals surface area contributed by atoms with Crippen LogP contribution in [0.1, 0.15) is 114 Å². The predicted molar refractivity (Wildman–Crippen MR) is 325 cm³/mol. The highest BCUT2D eigenvalue weighted by molar-refractivity contribution is 7.95. The third-order valence-corrected chi connectivity index (χ3v) is 18.4. The summed E-state index contributed by atoms with van der Waals surface area (Å²) >= 11 is 26.6. The van der Waals surface area contributed by atoms with E-state index in [2.05, 4.69) is 0 Å². The van der Waals surface area contributed by atoms with Crippen LogP contribution in [-0.2, 0) is 60.8 Å². The number of aromatic nitrogens is 4. The predicted octanol–water partition coefficient (Wildman–Crippen LogP) is 13.6. The maximum Gasteiger partial charge on any atom is 0.331 e. The van der Waals surface area contributed by atoms with Crippen molar-refractivity contribution in [1.29, 1.82) is 0 Å². The number of aliphatic hydroxyl groups is 2. The van der Waals surface area contributed by atoms with E-state index in [9.17, 15) is 36.6 Å². The molecule has 0 fully saturated rings. The number of hydrogen-bond donors (Lipinski definition) is 2. The number of hydrogen-bond acceptors (Lipinski definition) is 12. The van der Waals surface area contributed by atoms with E-state index < -0.39 is 113 Å². The van der Waals surface area contributed by atoms with Gasteiger partial charge in [-0.05, 0) is 138 Å². The Morgan fingerprint density at radius 2 is 0.860 bits per heavy atom. The molecule has 456 valence electrons. The van der Waals surface area contributed by atoms with Gasteiger partial charge in [-0.25, -0.2) is 54.0 Å². The van der Waals surface area contributed by atoms with Gasteiger partial charge in [0.05, 0.1) is 43.2 Å². The van der Waals surface area contributed by atoms with Crippen molar-refractivity contribution in [2.45, 2.75) is 102 Å². The number of carbonyl (C=O) groups excluding carboxylic acids is 2. The minimum absolute atomic E-state index is 0.0747. The molecule has 6 aromatic rings. The summed E-state index contributed by atoms with van der Waals surface area (Å²) in [7, 11) is -8.84. The van der Waals surface area contributed by atoms with Gasteiger partial charge >= 0.3 is 11.9 Å². The lowest BCUT2D eigenvalue weighted by atomic mass is 9.83. The van der Waals surface area contributed by atoms with Gasteiger partial charge < -0.3 is 28.8 Å². The number of ether oxygens (including phenoxy) is 2. The minimum atomic E-state index is -4.42. The molecule has 0 atom stereocenters. The Morgan fingerprint density at radius 3 is 1.14 bits per heavy atom. The van der Waals surface area contributed by atoms with E-state index in [1.165, 1.54) is 24.3 Å². The third-order valence-electron chi connectivity index (χ3n) is 14.8. The number of allylic oxidation sites excluding steroid dienone is 4. The van der Waals surface area contributed by atoms with Crippen LogP contribution in [0.2, 0.25) is 20.1 Å². The Kier molecular flexibility index (Phi) is 18.0. The number of imidazole rings is 2. The molecule has 0 spiro atoms. The fraction of sp³-hybridized carbons (Fsp3) is 0.323. The lowest BCUT2D eigenvalue weighted by Crippen LogP contribution is -2.30. The average Bonchev–Trinajstić information content (AvgIpc) is 1.52. The Balaban J connectivity index is 0.980. The summed E-state index contributed by atoms with van der Waals surface area (Å²) in [6.07, 6.45) is 5.64. The first kappa shape index (κ1) is 65.6. The van der Waals surface area contributed by atoms with Crippen LogP contribution >= 0.6 is 46.4 Å². The number of carbonyl (C=O) groups is 2. The quantitative estimate of drug-likeness (QED) is 0.0470. The van der Waals surface area contributed by atoms with Crippen LogP contribution in [-0.4, -0.2) is 95.7 Å². The van der Waals surface area contributed by atoms with E-state index in [0.29, 0.717) is 90.3 Å². The Labute approximate surface area is 515 Å². The van der Waals surface area contributed by atoms with Gasteiger partial charge in [0, 0.05) is 92.5 Å². The van der Waals surface area contributed by atoms with Crippen molar-refractivity contribution in [3.05, 3.63) is 208 Å². The van der Waals surface area contributed by atoms with Gasteiger partial charge in [-0.3, -0.25) is 0 Å². The summed E-state index contributed by atoms with van der Waals surface area (Å²) in [5.74, 6) is -9.75. The van der Waals surface area contributed by atoms with E-state index in [-0.39, 0.29) is 22.3 Å². The summed E-state index contributed by atoms with van der Waals surface area (Å²) in [6, 6.07) is 22.6. The first-order valence-electron chi connectivity index (χ1n) is 26.4. The molecule has 2 aromatic heterocycles. The standard InChI is InChI=1S/C62H60Cl4F4N4O10S2/c1-57(2,53-43(63)13-11-14-44(53)64)55-71-49(59(5,6)77)31-73(55)39-21-17-35(18-22-39)37-27-47(85(9,79)80)41(61(67,68)29-37)33-83-51(75)25-26-52(76)84-34-42-48(86(10,81)82)28-38(30-62(42,69)70)36-19-23-40(24-20-36)74-32-50(60(7,8)78)72-56(74)58(3,4)54-45(65)15-12-16-46(54)66/h11-28,31-32,77-78H,29-30,33-34H2,1-10H3/b26-25+. The summed E-state index contributed by atoms with van der Waals surface area (Å²) in [5, 5.41) is 23.4. The van der Waals surface area contributed by atoms with Gasteiger partial charge in [-0.15, -0.1) is 0 Å². The van der Waals surface area contributed by atoms with Crippen molar-refractivity contribution in [1.82, 2.24) is 19.1 Å². The molecule has 2 heterocycles. The smallest absolute Gasteiger partial charge is 0.331 e.